The summed E-state index contributed by atoms with van der Waals surface area (Å²) in [4.78, 5) is 0. The third-order valence-electron chi connectivity index (χ3n) is 1.73. The van der Waals surface area contributed by atoms with Crippen molar-refractivity contribution in [1.82, 2.24) is 0 Å². The number of hydrogen-bond acceptors (Lipinski definition) is 3. The Kier molecular flexibility index (Phi) is 4.31. The van der Waals surface area contributed by atoms with Gasteiger partial charge in [0.15, 0.2) is 0 Å². The summed E-state index contributed by atoms with van der Waals surface area (Å²) in [5.74, 6) is -0.417. The maximum atomic E-state index is 13.2. The number of nitrogens with one attached hydrogen (secondary N) is 1. The zero-order chi connectivity index (χ0) is 10.6. The molecule has 0 heterocycles. The molecule has 0 aliphatic carbocycles. The minimum atomic E-state index is -0.543. The van der Waals surface area contributed by atoms with Gasteiger partial charge in [0, 0.05) is 4.47 Å². The largest absolute Gasteiger partial charge is 0.394 e. The van der Waals surface area contributed by atoms with Gasteiger partial charge in [-0.2, -0.15) is 0 Å². The van der Waals surface area contributed by atoms with Gasteiger partial charge in [0.05, 0.1) is 24.9 Å². The van der Waals surface area contributed by atoms with Crippen molar-refractivity contribution in [3.05, 3.63) is 28.5 Å². The number of benzene rings is 1. The van der Waals surface area contributed by atoms with Crippen molar-refractivity contribution in [2.24, 2.45) is 0 Å². The molecule has 1 rings (SSSR count). The molecule has 0 aliphatic heterocycles. The van der Waals surface area contributed by atoms with Gasteiger partial charge in [0.2, 0.25) is 0 Å². The van der Waals surface area contributed by atoms with Gasteiger partial charge in [0.25, 0.3) is 0 Å². The van der Waals surface area contributed by atoms with E-state index in [0.29, 0.717) is 0 Å². The lowest BCUT2D eigenvalue weighted by atomic mass is 10.2. The average Bonchev–Trinajstić information content (AvgIpc) is 2.19. The molecule has 1 aromatic carbocycles. The Morgan fingerprint density at radius 2 is 2.00 bits per heavy atom. The lowest BCUT2D eigenvalue weighted by Gasteiger charge is -2.15. The summed E-state index contributed by atoms with van der Waals surface area (Å²) >= 11 is 3.20. The first kappa shape index (κ1) is 11.4. The lowest BCUT2D eigenvalue weighted by molar-refractivity contribution is 0.203. The second-order valence-electron chi connectivity index (χ2n) is 2.83. The minimum absolute atomic E-state index is 0.248. The average molecular weight is 264 g/mol. The molecule has 0 saturated carbocycles. The Hall–Kier alpha value is -0.650. The molecule has 0 fully saturated rings. The minimum Gasteiger partial charge on any atom is -0.394 e. The van der Waals surface area contributed by atoms with Gasteiger partial charge >= 0.3 is 0 Å². The molecule has 3 nitrogen and oxygen atoms in total. The number of anilines is 1. The first-order valence-corrected chi connectivity index (χ1v) is 4.90. The van der Waals surface area contributed by atoms with Crippen LogP contribution in [0.2, 0.25) is 0 Å². The van der Waals surface area contributed by atoms with Crippen LogP contribution in [-0.2, 0) is 0 Å². The summed E-state index contributed by atoms with van der Waals surface area (Å²) < 4.78 is 13.9. The van der Waals surface area contributed by atoms with Crippen LogP contribution in [0, 0.1) is 5.82 Å². The van der Waals surface area contributed by atoms with Crippen molar-refractivity contribution in [2.45, 2.75) is 6.04 Å². The van der Waals surface area contributed by atoms with E-state index in [2.05, 4.69) is 21.2 Å². The SMILES string of the molecule is OCC(CO)Nc1cc(Br)ccc1F. The third kappa shape index (κ3) is 2.94. The van der Waals surface area contributed by atoms with E-state index < -0.39 is 11.9 Å². The molecule has 0 saturated heterocycles. The van der Waals surface area contributed by atoms with Gasteiger partial charge in [-0.3, -0.25) is 0 Å². The van der Waals surface area contributed by atoms with E-state index in [9.17, 15) is 4.39 Å². The summed E-state index contributed by atoms with van der Waals surface area (Å²) in [6, 6.07) is 3.89. The van der Waals surface area contributed by atoms with E-state index in [4.69, 9.17) is 10.2 Å². The fraction of sp³-hybridized carbons (Fsp3) is 0.333. The number of aliphatic hydroxyl groups is 2. The van der Waals surface area contributed by atoms with Crippen LogP contribution in [0.4, 0.5) is 10.1 Å². The molecule has 1 aromatic rings. The molecular weight excluding hydrogens is 253 g/mol. The van der Waals surface area contributed by atoms with Crippen LogP contribution >= 0.6 is 15.9 Å². The summed E-state index contributed by atoms with van der Waals surface area (Å²) in [6.45, 7) is -0.495. The van der Waals surface area contributed by atoms with Gasteiger partial charge in [-0.05, 0) is 18.2 Å². The molecule has 0 radical (unpaired) electrons. The molecule has 14 heavy (non-hydrogen) atoms. The van der Waals surface area contributed by atoms with Crippen molar-refractivity contribution in [2.75, 3.05) is 18.5 Å². The van der Waals surface area contributed by atoms with E-state index in [1.807, 2.05) is 0 Å². The maximum Gasteiger partial charge on any atom is 0.146 e. The highest BCUT2D eigenvalue weighted by molar-refractivity contribution is 9.10. The van der Waals surface area contributed by atoms with Crippen LogP contribution in [0.3, 0.4) is 0 Å². The molecule has 78 valence electrons. The molecule has 5 heteroatoms. The topological polar surface area (TPSA) is 52.5 Å². The van der Waals surface area contributed by atoms with Crippen LogP contribution in [0.1, 0.15) is 0 Å². The van der Waals surface area contributed by atoms with Gasteiger partial charge < -0.3 is 15.5 Å². The Morgan fingerprint density at radius 1 is 1.36 bits per heavy atom. The van der Waals surface area contributed by atoms with Gasteiger partial charge in [-0.25, -0.2) is 4.39 Å². The van der Waals surface area contributed by atoms with Crippen LogP contribution < -0.4 is 5.32 Å². The smallest absolute Gasteiger partial charge is 0.146 e. The Balaban J connectivity index is 2.79. The van der Waals surface area contributed by atoms with Crippen LogP contribution in [0.15, 0.2) is 22.7 Å². The fourth-order valence-electron chi connectivity index (χ4n) is 0.977. The van der Waals surface area contributed by atoms with Gasteiger partial charge in [-0.15, -0.1) is 0 Å². The molecule has 3 N–H and O–H groups in total. The predicted octanol–water partition coefficient (Wildman–Crippen LogP) is 1.35. The summed E-state index contributed by atoms with van der Waals surface area (Å²) in [5, 5.41) is 20.3. The standard InChI is InChI=1S/C9H11BrFNO2/c10-6-1-2-8(11)9(3-6)12-7(4-13)5-14/h1-3,7,12-14H,4-5H2. The highest BCUT2D eigenvalue weighted by atomic mass is 79.9. The van der Waals surface area contributed by atoms with Gasteiger partial charge in [0.1, 0.15) is 5.82 Å². The molecule has 0 aromatic heterocycles. The molecule has 0 bridgehead atoms. The van der Waals surface area contributed by atoms with E-state index >= 15 is 0 Å². The second kappa shape index (κ2) is 5.29. The Morgan fingerprint density at radius 3 is 2.57 bits per heavy atom. The monoisotopic (exact) mass is 263 g/mol. The van der Waals surface area contributed by atoms with Crippen LogP contribution in [0.25, 0.3) is 0 Å². The molecule has 0 spiro atoms. The van der Waals surface area contributed by atoms with Crippen LogP contribution in [0.5, 0.6) is 0 Å². The number of halogens is 2. The van der Waals surface area contributed by atoms with Crippen molar-refractivity contribution in [3.8, 4) is 0 Å². The van der Waals surface area contributed by atoms with Crippen LogP contribution in [-0.4, -0.2) is 29.5 Å². The number of aliphatic hydroxyl groups excluding tert-OH is 2. The van der Waals surface area contributed by atoms with E-state index in [1.165, 1.54) is 6.07 Å². The zero-order valence-electron chi connectivity index (χ0n) is 7.37. The first-order valence-electron chi connectivity index (χ1n) is 4.10. The van der Waals surface area contributed by atoms with Crippen molar-refractivity contribution >= 4 is 21.6 Å². The summed E-state index contributed by atoms with van der Waals surface area (Å²) in [6.07, 6.45) is 0. The summed E-state index contributed by atoms with van der Waals surface area (Å²) in [7, 11) is 0. The molecular formula is C9H11BrFNO2. The zero-order valence-corrected chi connectivity index (χ0v) is 8.96. The molecule has 0 aliphatic rings. The highest BCUT2D eigenvalue weighted by Gasteiger charge is 2.08. The quantitative estimate of drug-likeness (QED) is 0.769. The van der Waals surface area contributed by atoms with E-state index in [1.54, 1.807) is 12.1 Å². The predicted molar refractivity (Wildman–Crippen MR) is 55.7 cm³/mol. The van der Waals surface area contributed by atoms with Gasteiger partial charge in [-0.1, -0.05) is 15.9 Å². The molecule has 0 unspecified atom stereocenters. The fourth-order valence-corrected chi connectivity index (χ4v) is 1.34. The maximum absolute atomic E-state index is 13.2. The van der Waals surface area contributed by atoms with Crippen molar-refractivity contribution in [3.63, 3.8) is 0 Å². The summed E-state index contributed by atoms with van der Waals surface area (Å²) in [5.41, 5.74) is 0.257. The Labute approximate surface area is 89.7 Å². The number of hydrogen-bond donors (Lipinski definition) is 3. The first-order chi connectivity index (χ1) is 6.67. The molecule has 0 atom stereocenters. The van der Waals surface area contributed by atoms with Crippen molar-refractivity contribution < 1.29 is 14.6 Å². The normalized spacial score (nSPS) is 10.6. The van der Waals surface area contributed by atoms with Crippen molar-refractivity contribution in [1.29, 1.82) is 0 Å². The highest BCUT2D eigenvalue weighted by Crippen LogP contribution is 2.20. The lowest BCUT2D eigenvalue weighted by Crippen LogP contribution is -2.28. The van der Waals surface area contributed by atoms with E-state index in [-0.39, 0.29) is 18.9 Å². The molecule has 0 amide bonds. The third-order valence-corrected chi connectivity index (χ3v) is 2.22. The van der Waals surface area contributed by atoms with E-state index in [0.717, 1.165) is 4.47 Å². The Bertz CT molecular complexity index is 305. The number of rotatable bonds is 4. The second-order valence-corrected chi connectivity index (χ2v) is 3.75.